The highest BCUT2D eigenvalue weighted by molar-refractivity contribution is 5.42. The van der Waals surface area contributed by atoms with Gasteiger partial charge in [0.15, 0.2) is 0 Å². The van der Waals surface area contributed by atoms with E-state index < -0.39 is 0 Å². The molecular weight excluding hydrogens is 264 g/mol. The number of hydrogen-bond acceptors (Lipinski definition) is 3. The second kappa shape index (κ2) is 5.52. The molecule has 21 heavy (non-hydrogen) atoms. The van der Waals surface area contributed by atoms with E-state index >= 15 is 0 Å². The molecular formula is C16H18N4O. The Morgan fingerprint density at radius 1 is 1.14 bits per heavy atom. The maximum absolute atomic E-state index is 12.6. The molecule has 3 aromatic rings. The van der Waals surface area contributed by atoms with Crippen molar-refractivity contribution in [2.45, 2.75) is 33.1 Å². The molecule has 5 heteroatoms. The Morgan fingerprint density at radius 2 is 2.00 bits per heavy atom. The second-order valence-corrected chi connectivity index (χ2v) is 5.06. The predicted octanol–water partition coefficient (Wildman–Crippen LogP) is 2.40. The Balaban J connectivity index is 2.16. The van der Waals surface area contributed by atoms with Gasteiger partial charge in [0.2, 0.25) is 5.65 Å². The first-order chi connectivity index (χ1) is 10.2. The van der Waals surface area contributed by atoms with Crippen LogP contribution in [0.25, 0.3) is 11.3 Å². The average molecular weight is 282 g/mol. The topological polar surface area (TPSA) is 52.2 Å². The molecule has 0 aliphatic carbocycles. The van der Waals surface area contributed by atoms with Crippen molar-refractivity contribution in [2.24, 2.45) is 0 Å². The molecule has 0 N–H and O–H groups in total. The minimum atomic E-state index is -0.138. The van der Waals surface area contributed by atoms with E-state index in [-0.39, 0.29) is 5.56 Å². The molecule has 0 aliphatic heterocycles. The van der Waals surface area contributed by atoms with Gasteiger partial charge in [-0.2, -0.15) is 0 Å². The van der Waals surface area contributed by atoms with Gasteiger partial charge in [-0.15, -0.1) is 10.2 Å². The zero-order valence-electron chi connectivity index (χ0n) is 12.3. The minimum absolute atomic E-state index is 0.138. The van der Waals surface area contributed by atoms with Gasteiger partial charge in [0, 0.05) is 24.5 Å². The zero-order chi connectivity index (χ0) is 14.8. The molecule has 0 radical (unpaired) electrons. The van der Waals surface area contributed by atoms with Crippen molar-refractivity contribution < 1.29 is 0 Å². The second-order valence-electron chi connectivity index (χ2n) is 5.06. The van der Waals surface area contributed by atoms with E-state index in [4.69, 9.17) is 0 Å². The van der Waals surface area contributed by atoms with Crippen LogP contribution in [-0.2, 0) is 12.8 Å². The number of hydrogen-bond donors (Lipinski definition) is 0. The highest BCUT2D eigenvalue weighted by Crippen LogP contribution is 2.10. The summed E-state index contributed by atoms with van der Waals surface area (Å²) in [6.07, 6.45) is 6.38. The molecule has 2 aromatic heterocycles. The van der Waals surface area contributed by atoms with Gasteiger partial charge in [-0.25, -0.2) is 0 Å². The van der Waals surface area contributed by atoms with Gasteiger partial charge in [-0.05, 0) is 30.5 Å². The van der Waals surface area contributed by atoms with Crippen LogP contribution in [0, 0.1) is 0 Å². The molecule has 108 valence electrons. The van der Waals surface area contributed by atoms with E-state index in [1.807, 2.05) is 24.4 Å². The summed E-state index contributed by atoms with van der Waals surface area (Å²) in [6, 6.07) is 7.99. The normalized spacial score (nSPS) is 11.1. The van der Waals surface area contributed by atoms with Crippen LogP contribution in [0.15, 0.2) is 41.5 Å². The molecule has 0 unspecified atom stereocenters. The van der Waals surface area contributed by atoms with Gasteiger partial charge in [0.25, 0.3) is 0 Å². The van der Waals surface area contributed by atoms with Crippen molar-refractivity contribution in [3.63, 3.8) is 0 Å². The maximum Gasteiger partial charge on any atom is 0.300 e. The largest absolute Gasteiger partial charge is 0.300 e. The van der Waals surface area contributed by atoms with Crippen molar-refractivity contribution in [2.75, 3.05) is 0 Å². The monoisotopic (exact) mass is 282 g/mol. The standard InChI is InChI=1S/C16H18N4O/c1-3-6-14-17-18-15-16(21)19(9-10-20(14)15)13-8-5-7-12(4-2)11-13/h5,7-11H,3-4,6H2,1-2H3. The lowest BCUT2D eigenvalue weighted by atomic mass is 10.1. The van der Waals surface area contributed by atoms with Gasteiger partial charge < -0.3 is 0 Å². The van der Waals surface area contributed by atoms with Crippen molar-refractivity contribution >= 4 is 5.65 Å². The number of nitrogens with zero attached hydrogens (tertiary/aromatic N) is 4. The van der Waals surface area contributed by atoms with Crippen molar-refractivity contribution in [3.05, 3.63) is 58.4 Å². The van der Waals surface area contributed by atoms with Crippen LogP contribution in [0.4, 0.5) is 0 Å². The number of fused-ring (bicyclic) bond motifs is 1. The summed E-state index contributed by atoms with van der Waals surface area (Å²) in [5.41, 5.74) is 2.30. The van der Waals surface area contributed by atoms with Crippen LogP contribution in [0.3, 0.4) is 0 Å². The average Bonchev–Trinajstić information content (AvgIpc) is 2.92. The summed E-state index contributed by atoms with van der Waals surface area (Å²) in [6.45, 7) is 4.18. The molecule has 0 aliphatic rings. The summed E-state index contributed by atoms with van der Waals surface area (Å²) in [4.78, 5) is 12.6. The van der Waals surface area contributed by atoms with Crippen molar-refractivity contribution in [3.8, 4) is 5.69 Å². The highest BCUT2D eigenvalue weighted by Gasteiger charge is 2.10. The zero-order valence-corrected chi connectivity index (χ0v) is 12.3. The van der Waals surface area contributed by atoms with E-state index in [0.717, 1.165) is 30.8 Å². The third kappa shape index (κ3) is 2.35. The van der Waals surface area contributed by atoms with Crippen LogP contribution < -0.4 is 5.56 Å². The molecule has 2 heterocycles. The lowest BCUT2D eigenvalue weighted by Gasteiger charge is -2.07. The Labute approximate surface area is 122 Å². The van der Waals surface area contributed by atoms with Gasteiger partial charge >= 0.3 is 5.56 Å². The van der Waals surface area contributed by atoms with E-state index in [1.165, 1.54) is 5.56 Å². The lowest BCUT2D eigenvalue weighted by Crippen LogP contribution is -2.20. The van der Waals surface area contributed by atoms with Crippen LogP contribution in [-0.4, -0.2) is 19.2 Å². The third-order valence-electron chi connectivity index (χ3n) is 3.61. The van der Waals surface area contributed by atoms with Gasteiger partial charge in [-0.3, -0.25) is 13.8 Å². The Kier molecular flexibility index (Phi) is 3.56. The summed E-state index contributed by atoms with van der Waals surface area (Å²) in [7, 11) is 0. The fourth-order valence-electron chi connectivity index (χ4n) is 2.46. The van der Waals surface area contributed by atoms with Gasteiger partial charge in [-0.1, -0.05) is 26.0 Å². The van der Waals surface area contributed by atoms with Crippen LogP contribution in [0.5, 0.6) is 0 Å². The van der Waals surface area contributed by atoms with Crippen LogP contribution in [0.1, 0.15) is 31.7 Å². The number of benzene rings is 1. The molecule has 0 atom stereocenters. The summed E-state index contributed by atoms with van der Waals surface area (Å²) < 4.78 is 3.41. The van der Waals surface area contributed by atoms with Crippen LogP contribution >= 0.6 is 0 Å². The van der Waals surface area contributed by atoms with E-state index in [0.29, 0.717) is 5.65 Å². The van der Waals surface area contributed by atoms with Gasteiger partial charge in [0.05, 0.1) is 0 Å². The Bertz CT molecular complexity index is 832. The number of aryl methyl sites for hydroxylation is 2. The number of aromatic nitrogens is 4. The molecule has 0 amide bonds. The van der Waals surface area contributed by atoms with Crippen molar-refractivity contribution in [1.29, 1.82) is 0 Å². The number of rotatable bonds is 4. The maximum atomic E-state index is 12.6. The van der Waals surface area contributed by atoms with Crippen molar-refractivity contribution in [1.82, 2.24) is 19.2 Å². The minimum Gasteiger partial charge on any atom is -0.280 e. The first kappa shape index (κ1) is 13.5. The van der Waals surface area contributed by atoms with Crippen LogP contribution in [0.2, 0.25) is 0 Å². The first-order valence-electron chi connectivity index (χ1n) is 7.29. The Hall–Kier alpha value is -2.43. The molecule has 0 spiro atoms. The van der Waals surface area contributed by atoms with E-state index in [1.54, 1.807) is 15.2 Å². The highest BCUT2D eigenvalue weighted by atomic mass is 16.1. The lowest BCUT2D eigenvalue weighted by molar-refractivity contribution is 0.812. The SMILES string of the molecule is CCCc1nnc2c(=O)n(-c3cccc(CC)c3)ccn12. The molecule has 0 fully saturated rings. The molecule has 0 bridgehead atoms. The molecule has 5 nitrogen and oxygen atoms in total. The van der Waals surface area contributed by atoms with E-state index in [9.17, 15) is 4.79 Å². The molecule has 1 aromatic carbocycles. The molecule has 0 saturated heterocycles. The predicted molar refractivity (Wildman–Crippen MR) is 82.0 cm³/mol. The molecule has 3 rings (SSSR count). The fraction of sp³-hybridized carbons (Fsp3) is 0.312. The third-order valence-corrected chi connectivity index (χ3v) is 3.61. The molecule has 0 saturated carbocycles. The fourth-order valence-corrected chi connectivity index (χ4v) is 2.46. The first-order valence-corrected chi connectivity index (χ1v) is 7.29. The summed E-state index contributed by atoms with van der Waals surface area (Å²) in [5.74, 6) is 0.832. The van der Waals surface area contributed by atoms with E-state index in [2.05, 4.69) is 30.1 Å². The smallest absolute Gasteiger partial charge is 0.280 e. The Morgan fingerprint density at radius 3 is 2.76 bits per heavy atom. The summed E-state index contributed by atoms with van der Waals surface area (Å²) >= 11 is 0. The van der Waals surface area contributed by atoms with Gasteiger partial charge in [0.1, 0.15) is 5.82 Å². The summed E-state index contributed by atoms with van der Waals surface area (Å²) in [5, 5.41) is 8.16. The quantitative estimate of drug-likeness (QED) is 0.738.